The number of carbonyl (C=O) groups excluding carboxylic acids is 2. The molecule has 1 aliphatic heterocycles. The second-order valence-corrected chi connectivity index (χ2v) is 4.12. The van der Waals surface area contributed by atoms with E-state index in [1.165, 1.54) is 0 Å². The van der Waals surface area contributed by atoms with Gasteiger partial charge in [-0.25, -0.2) is 9.59 Å². The first-order valence-corrected chi connectivity index (χ1v) is 5.69. The average molecular weight is 252 g/mol. The molecule has 1 aromatic heterocycles. The van der Waals surface area contributed by atoms with Crippen LogP contribution in [0.15, 0.2) is 12.3 Å². The SMILES string of the molecule is Cn1cc(N)cc1C(=O)OCCN1CCNC1=O. The van der Waals surface area contributed by atoms with Crippen molar-refractivity contribution in [3.8, 4) is 0 Å². The van der Waals surface area contributed by atoms with E-state index in [-0.39, 0.29) is 12.6 Å². The molecular weight excluding hydrogens is 236 g/mol. The van der Waals surface area contributed by atoms with Crippen molar-refractivity contribution < 1.29 is 14.3 Å². The maximum Gasteiger partial charge on any atom is 0.355 e. The number of hydrogen-bond acceptors (Lipinski definition) is 4. The highest BCUT2D eigenvalue weighted by Gasteiger charge is 2.19. The van der Waals surface area contributed by atoms with E-state index in [9.17, 15) is 9.59 Å². The number of amides is 2. The van der Waals surface area contributed by atoms with Crippen LogP contribution < -0.4 is 11.1 Å². The van der Waals surface area contributed by atoms with Gasteiger partial charge in [0.2, 0.25) is 0 Å². The van der Waals surface area contributed by atoms with Gasteiger partial charge in [0.1, 0.15) is 12.3 Å². The van der Waals surface area contributed by atoms with Crippen LogP contribution >= 0.6 is 0 Å². The summed E-state index contributed by atoms with van der Waals surface area (Å²) in [4.78, 5) is 24.6. The van der Waals surface area contributed by atoms with E-state index in [0.717, 1.165) is 0 Å². The third-order valence-electron chi connectivity index (χ3n) is 2.77. The second-order valence-electron chi connectivity index (χ2n) is 4.12. The number of nitrogens with one attached hydrogen (secondary N) is 1. The Labute approximate surface area is 104 Å². The highest BCUT2D eigenvalue weighted by molar-refractivity contribution is 5.89. The van der Waals surface area contributed by atoms with Crippen molar-refractivity contribution in [1.82, 2.24) is 14.8 Å². The van der Waals surface area contributed by atoms with E-state index in [2.05, 4.69) is 5.32 Å². The summed E-state index contributed by atoms with van der Waals surface area (Å²) < 4.78 is 6.71. The van der Waals surface area contributed by atoms with Crippen LogP contribution in [0.2, 0.25) is 0 Å². The van der Waals surface area contributed by atoms with Gasteiger partial charge >= 0.3 is 12.0 Å². The number of rotatable bonds is 4. The molecule has 2 amide bonds. The molecule has 1 aliphatic rings. The molecule has 0 aromatic carbocycles. The van der Waals surface area contributed by atoms with Crippen molar-refractivity contribution in [2.75, 3.05) is 32.0 Å². The first-order valence-electron chi connectivity index (χ1n) is 5.69. The molecular formula is C11H16N4O3. The predicted molar refractivity (Wildman–Crippen MR) is 65.1 cm³/mol. The zero-order chi connectivity index (χ0) is 13.1. The molecule has 7 heteroatoms. The summed E-state index contributed by atoms with van der Waals surface area (Å²) in [6, 6.07) is 1.44. The summed E-state index contributed by atoms with van der Waals surface area (Å²) >= 11 is 0. The van der Waals surface area contributed by atoms with Gasteiger partial charge in [0.05, 0.1) is 12.2 Å². The van der Waals surface area contributed by atoms with Gasteiger partial charge in [-0.1, -0.05) is 0 Å². The number of ether oxygens (including phenoxy) is 1. The third-order valence-corrected chi connectivity index (χ3v) is 2.77. The Hall–Kier alpha value is -2.18. The molecule has 0 spiro atoms. The number of nitrogens with zero attached hydrogens (tertiary/aromatic N) is 2. The molecule has 0 bridgehead atoms. The Morgan fingerprint density at radius 1 is 1.61 bits per heavy atom. The van der Waals surface area contributed by atoms with Crippen LogP contribution in [0.5, 0.6) is 0 Å². The standard InChI is InChI=1S/C11H16N4O3/c1-14-7-8(12)6-9(14)10(16)18-5-4-15-3-2-13-11(15)17/h6-7H,2-5,12H2,1H3,(H,13,17). The zero-order valence-corrected chi connectivity index (χ0v) is 10.2. The Bertz CT molecular complexity index is 469. The number of aromatic nitrogens is 1. The monoisotopic (exact) mass is 252 g/mol. The van der Waals surface area contributed by atoms with Gasteiger partial charge in [-0.15, -0.1) is 0 Å². The Balaban J connectivity index is 1.81. The fraction of sp³-hybridized carbons (Fsp3) is 0.455. The van der Waals surface area contributed by atoms with Crippen molar-refractivity contribution in [3.05, 3.63) is 18.0 Å². The quantitative estimate of drug-likeness (QED) is 0.725. The summed E-state index contributed by atoms with van der Waals surface area (Å²) in [6.45, 7) is 1.86. The number of nitrogen functional groups attached to an aromatic ring is 1. The highest BCUT2D eigenvalue weighted by Crippen LogP contribution is 2.10. The van der Waals surface area contributed by atoms with E-state index in [4.69, 9.17) is 10.5 Å². The number of hydrogen-bond donors (Lipinski definition) is 2. The zero-order valence-electron chi connectivity index (χ0n) is 10.2. The highest BCUT2D eigenvalue weighted by atomic mass is 16.5. The topological polar surface area (TPSA) is 89.6 Å². The van der Waals surface area contributed by atoms with Crippen LogP contribution in [0, 0.1) is 0 Å². The molecule has 2 rings (SSSR count). The fourth-order valence-electron chi connectivity index (χ4n) is 1.84. The summed E-state index contributed by atoms with van der Waals surface area (Å²) in [5.74, 6) is -0.436. The van der Waals surface area contributed by atoms with Crippen LogP contribution in [0.25, 0.3) is 0 Å². The largest absolute Gasteiger partial charge is 0.459 e. The van der Waals surface area contributed by atoms with Gasteiger partial charge in [0, 0.05) is 26.3 Å². The number of carbonyl (C=O) groups is 2. The molecule has 1 fully saturated rings. The molecule has 3 N–H and O–H groups in total. The van der Waals surface area contributed by atoms with Gasteiger partial charge in [0.25, 0.3) is 0 Å². The molecule has 0 atom stereocenters. The van der Waals surface area contributed by atoms with Crippen LogP contribution in [0.3, 0.4) is 0 Å². The molecule has 0 aliphatic carbocycles. The van der Waals surface area contributed by atoms with E-state index < -0.39 is 5.97 Å². The van der Waals surface area contributed by atoms with Crippen molar-refractivity contribution in [1.29, 1.82) is 0 Å². The lowest BCUT2D eigenvalue weighted by Crippen LogP contribution is -2.31. The average Bonchev–Trinajstić information content (AvgIpc) is 2.85. The van der Waals surface area contributed by atoms with Crippen LogP contribution in [-0.4, -0.2) is 47.7 Å². The Morgan fingerprint density at radius 3 is 2.94 bits per heavy atom. The van der Waals surface area contributed by atoms with Crippen molar-refractivity contribution >= 4 is 17.7 Å². The molecule has 7 nitrogen and oxygen atoms in total. The summed E-state index contributed by atoms with van der Waals surface area (Å²) in [5, 5.41) is 2.68. The predicted octanol–water partition coefficient (Wildman–Crippen LogP) is -0.211. The molecule has 0 radical (unpaired) electrons. The minimum atomic E-state index is -0.436. The van der Waals surface area contributed by atoms with E-state index in [0.29, 0.717) is 31.0 Å². The smallest absolute Gasteiger partial charge is 0.355 e. The molecule has 18 heavy (non-hydrogen) atoms. The lowest BCUT2D eigenvalue weighted by molar-refractivity contribution is 0.0470. The van der Waals surface area contributed by atoms with Crippen LogP contribution in [0.4, 0.5) is 10.5 Å². The normalized spacial score (nSPS) is 14.7. The maximum absolute atomic E-state index is 11.7. The van der Waals surface area contributed by atoms with Crippen molar-refractivity contribution in [2.24, 2.45) is 7.05 Å². The van der Waals surface area contributed by atoms with Crippen LogP contribution in [0.1, 0.15) is 10.5 Å². The molecule has 1 saturated heterocycles. The van der Waals surface area contributed by atoms with Gasteiger partial charge < -0.3 is 25.3 Å². The third kappa shape index (κ3) is 2.55. The van der Waals surface area contributed by atoms with E-state index in [1.54, 1.807) is 28.8 Å². The van der Waals surface area contributed by atoms with Gasteiger partial charge in [0.15, 0.2) is 0 Å². The second kappa shape index (κ2) is 4.99. The minimum absolute atomic E-state index is 0.117. The number of esters is 1. The first-order chi connectivity index (χ1) is 8.58. The Morgan fingerprint density at radius 2 is 2.39 bits per heavy atom. The number of aryl methyl sites for hydroxylation is 1. The molecule has 0 saturated carbocycles. The van der Waals surface area contributed by atoms with Crippen molar-refractivity contribution in [3.63, 3.8) is 0 Å². The Kier molecular flexibility index (Phi) is 3.40. The molecule has 2 heterocycles. The minimum Gasteiger partial charge on any atom is -0.459 e. The summed E-state index contributed by atoms with van der Waals surface area (Å²) in [7, 11) is 1.72. The van der Waals surface area contributed by atoms with Gasteiger partial charge in [-0.3, -0.25) is 0 Å². The van der Waals surface area contributed by atoms with Gasteiger partial charge in [-0.05, 0) is 6.07 Å². The molecule has 0 unspecified atom stereocenters. The lowest BCUT2D eigenvalue weighted by atomic mass is 10.4. The maximum atomic E-state index is 11.7. The number of anilines is 1. The fourth-order valence-corrected chi connectivity index (χ4v) is 1.84. The number of urea groups is 1. The van der Waals surface area contributed by atoms with E-state index >= 15 is 0 Å². The summed E-state index contributed by atoms with van der Waals surface area (Å²) in [6.07, 6.45) is 1.64. The van der Waals surface area contributed by atoms with Gasteiger partial charge in [-0.2, -0.15) is 0 Å². The lowest BCUT2D eigenvalue weighted by Gasteiger charge is -2.13. The number of nitrogens with two attached hydrogens (primary N) is 1. The molecule has 98 valence electrons. The van der Waals surface area contributed by atoms with Crippen LogP contribution in [-0.2, 0) is 11.8 Å². The van der Waals surface area contributed by atoms with E-state index in [1.807, 2.05) is 0 Å². The molecule has 1 aromatic rings. The first kappa shape index (κ1) is 12.3. The van der Waals surface area contributed by atoms with Crippen molar-refractivity contribution in [2.45, 2.75) is 0 Å². The summed E-state index contributed by atoms with van der Waals surface area (Å²) in [5.41, 5.74) is 6.49.